The van der Waals surface area contributed by atoms with E-state index in [0.717, 1.165) is 16.1 Å². The summed E-state index contributed by atoms with van der Waals surface area (Å²) >= 11 is 13.6. The summed E-state index contributed by atoms with van der Waals surface area (Å²) in [6.45, 7) is 0. The lowest BCUT2D eigenvalue weighted by molar-refractivity contribution is 0.433. The van der Waals surface area contributed by atoms with E-state index in [-0.39, 0.29) is 0 Å². The molecule has 0 spiro atoms. The lowest BCUT2D eigenvalue weighted by atomic mass is 10.2. The first-order valence-corrected chi connectivity index (χ1v) is 7.37. The molecule has 2 aromatic heterocycles. The van der Waals surface area contributed by atoms with Crippen LogP contribution in [0.3, 0.4) is 0 Å². The van der Waals surface area contributed by atoms with E-state index in [2.05, 4.69) is 15.5 Å². The molecule has 7 heteroatoms. The van der Waals surface area contributed by atoms with Crippen LogP contribution in [0.15, 0.2) is 34.2 Å². The Bertz CT molecular complexity index is 754. The average molecular weight is 326 g/mol. The molecule has 0 bridgehead atoms. The van der Waals surface area contributed by atoms with Crippen LogP contribution in [0.4, 0.5) is 5.69 Å². The van der Waals surface area contributed by atoms with Gasteiger partial charge < -0.3 is 9.84 Å². The van der Waals surface area contributed by atoms with Crippen LogP contribution in [-0.2, 0) is 0 Å². The van der Waals surface area contributed by atoms with E-state index in [1.165, 1.54) is 11.3 Å². The van der Waals surface area contributed by atoms with Gasteiger partial charge in [0.2, 0.25) is 5.82 Å². The lowest BCUT2D eigenvalue weighted by Crippen LogP contribution is -1.90. The van der Waals surface area contributed by atoms with Gasteiger partial charge in [-0.3, -0.25) is 0 Å². The summed E-state index contributed by atoms with van der Waals surface area (Å²) in [4.78, 5) is 5.14. The van der Waals surface area contributed by atoms with E-state index in [9.17, 15) is 0 Å². The monoisotopic (exact) mass is 325 g/mol. The SMILES string of the molecule is CNc1cc(-c2noc(-c3sccc3Cl)n2)ccc1Cl. The van der Waals surface area contributed by atoms with Crippen LogP contribution >= 0.6 is 34.5 Å². The van der Waals surface area contributed by atoms with Crippen LogP contribution in [0.2, 0.25) is 10.0 Å². The van der Waals surface area contributed by atoms with E-state index in [0.29, 0.717) is 21.8 Å². The number of halogens is 2. The minimum atomic E-state index is 0.418. The topological polar surface area (TPSA) is 51.0 Å². The highest BCUT2D eigenvalue weighted by Crippen LogP contribution is 2.34. The van der Waals surface area contributed by atoms with Gasteiger partial charge in [0.15, 0.2) is 0 Å². The Morgan fingerprint density at radius 2 is 2.05 bits per heavy atom. The molecule has 1 N–H and O–H groups in total. The zero-order valence-corrected chi connectivity index (χ0v) is 12.7. The summed E-state index contributed by atoms with van der Waals surface area (Å²) in [5.74, 6) is 0.915. The molecule has 0 fully saturated rings. The third-order valence-electron chi connectivity index (χ3n) is 2.73. The number of thiophene rings is 1. The second-order valence-corrected chi connectivity index (χ2v) is 5.70. The number of nitrogens with one attached hydrogen (secondary N) is 1. The quantitative estimate of drug-likeness (QED) is 0.750. The van der Waals surface area contributed by atoms with Crippen molar-refractivity contribution in [1.29, 1.82) is 0 Å². The Balaban J connectivity index is 2.00. The van der Waals surface area contributed by atoms with Crippen molar-refractivity contribution in [3.05, 3.63) is 39.7 Å². The maximum atomic E-state index is 6.05. The molecule has 0 saturated heterocycles. The Kier molecular flexibility index (Phi) is 3.65. The van der Waals surface area contributed by atoms with Crippen molar-refractivity contribution in [1.82, 2.24) is 10.1 Å². The van der Waals surface area contributed by atoms with E-state index in [4.69, 9.17) is 27.7 Å². The molecule has 0 saturated carbocycles. The van der Waals surface area contributed by atoms with Crippen LogP contribution in [0.25, 0.3) is 22.2 Å². The van der Waals surface area contributed by atoms with Gasteiger partial charge in [-0.2, -0.15) is 4.98 Å². The highest BCUT2D eigenvalue weighted by Gasteiger charge is 2.15. The summed E-state index contributed by atoms with van der Waals surface area (Å²) in [6, 6.07) is 7.30. The van der Waals surface area contributed by atoms with Crippen molar-refractivity contribution < 1.29 is 4.52 Å². The number of hydrogen-bond acceptors (Lipinski definition) is 5. The van der Waals surface area contributed by atoms with Gasteiger partial charge in [-0.1, -0.05) is 28.4 Å². The van der Waals surface area contributed by atoms with Gasteiger partial charge in [-0.25, -0.2) is 0 Å². The van der Waals surface area contributed by atoms with Gasteiger partial charge in [0.05, 0.1) is 15.7 Å². The van der Waals surface area contributed by atoms with E-state index >= 15 is 0 Å². The lowest BCUT2D eigenvalue weighted by Gasteiger charge is -2.03. The van der Waals surface area contributed by atoms with Crippen LogP contribution in [0, 0.1) is 0 Å². The van der Waals surface area contributed by atoms with Gasteiger partial charge >= 0.3 is 0 Å². The van der Waals surface area contributed by atoms with Gasteiger partial charge in [0.25, 0.3) is 5.89 Å². The number of rotatable bonds is 3. The minimum Gasteiger partial charge on any atom is -0.387 e. The number of benzene rings is 1. The van der Waals surface area contributed by atoms with E-state index in [1.807, 2.05) is 17.5 Å². The molecule has 102 valence electrons. The standard InChI is InChI=1S/C13H9Cl2N3OS/c1-16-10-6-7(2-3-8(10)14)12-17-13(19-18-12)11-9(15)4-5-20-11/h2-6,16H,1H3. The first-order chi connectivity index (χ1) is 9.69. The second kappa shape index (κ2) is 5.44. The largest absolute Gasteiger partial charge is 0.387 e. The molecule has 1 aromatic carbocycles. The molecule has 0 aliphatic carbocycles. The third kappa shape index (κ3) is 2.40. The summed E-state index contributed by atoms with van der Waals surface area (Å²) in [6.07, 6.45) is 0. The maximum Gasteiger partial charge on any atom is 0.269 e. The fraction of sp³-hybridized carbons (Fsp3) is 0.0769. The highest BCUT2D eigenvalue weighted by molar-refractivity contribution is 7.14. The zero-order valence-electron chi connectivity index (χ0n) is 10.4. The summed E-state index contributed by atoms with van der Waals surface area (Å²) in [7, 11) is 1.80. The molecule has 0 unspecified atom stereocenters. The van der Waals surface area contributed by atoms with Crippen molar-refractivity contribution in [2.75, 3.05) is 12.4 Å². The first-order valence-electron chi connectivity index (χ1n) is 5.74. The predicted molar refractivity (Wildman–Crippen MR) is 82.6 cm³/mol. The fourth-order valence-electron chi connectivity index (χ4n) is 1.74. The smallest absolute Gasteiger partial charge is 0.269 e. The van der Waals surface area contributed by atoms with Gasteiger partial charge in [-0.15, -0.1) is 11.3 Å². The van der Waals surface area contributed by atoms with Crippen LogP contribution in [-0.4, -0.2) is 17.2 Å². The highest BCUT2D eigenvalue weighted by atomic mass is 35.5. The molecule has 3 rings (SSSR count). The zero-order chi connectivity index (χ0) is 14.1. The van der Waals surface area contributed by atoms with Crippen LogP contribution in [0.1, 0.15) is 0 Å². The van der Waals surface area contributed by atoms with Crippen molar-refractivity contribution >= 4 is 40.2 Å². The Morgan fingerprint density at radius 3 is 2.75 bits per heavy atom. The number of aromatic nitrogens is 2. The van der Waals surface area contributed by atoms with Gasteiger partial charge in [0, 0.05) is 12.6 Å². The number of hydrogen-bond donors (Lipinski definition) is 1. The molecular weight excluding hydrogens is 317 g/mol. The van der Waals surface area contributed by atoms with Crippen molar-refractivity contribution in [2.24, 2.45) is 0 Å². The molecule has 20 heavy (non-hydrogen) atoms. The van der Waals surface area contributed by atoms with Crippen LogP contribution in [0.5, 0.6) is 0 Å². The number of nitrogens with zero attached hydrogens (tertiary/aromatic N) is 2. The first kappa shape index (κ1) is 13.4. The Morgan fingerprint density at radius 1 is 1.20 bits per heavy atom. The summed E-state index contributed by atoms with van der Waals surface area (Å²) in [5, 5.41) is 10.1. The molecule has 2 heterocycles. The molecule has 3 aromatic rings. The molecular formula is C13H9Cl2N3OS. The predicted octanol–water partition coefficient (Wildman–Crippen LogP) is 4.81. The summed E-state index contributed by atoms with van der Waals surface area (Å²) < 4.78 is 5.26. The minimum absolute atomic E-state index is 0.418. The number of anilines is 1. The molecule has 0 atom stereocenters. The fourth-order valence-corrected chi connectivity index (χ4v) is 3.00. The van der Waals surface area contributed by atoms with Crippen LogP contribution < -0.4 is 5.32 Å². The molecule has 0 aliphatic rings. The van der Waals surface area contributed by atoms with Gasteiger partial charge in [-0.05, 0) is 29.6 Å². The third-order valence-corrected chi connectivity index (χ3v) is 4.39. The van der Waals surface area contributed by atoms with E-state index < -0.39 is 0 Å². The molecule has 4 nitrogen and oxygen atoms in total. The Hall–Kier alpha value is -1.56. The molecule has 0 radical (unpaired) electrons. The normalized spacial score (nSPS) is 10.8. The van der Waals surface area contributed by atoms with Crippen molar-refractivity contribution in [3.63, 3.8) is 0 Å². The average Bonchev–Trinajstić information content (AvgIpc) is 3.08. The Labute approximate surface area is 129 Å². The second-order valence-electron chi connectivity index (χ2n) is 3.97. The molecule has 0 aliphatic heterocycles. The van der Waals surface area contributed by atoms with E-state index in [1.54, 1.807) is 19.2 Å². The van der Waals surface area contributed by atoms with Crippen molar-refractivity contribution in [3.8, 4) is 22.2 Å². The van der Waals surface area contributed by atoms with Crippen molar-refractivity contribution in [2.45, 2.75) is 0 Å². The maximum absolute atomic E-state index is 6.05. The van der Waals surface area contributed by atoms with Gasteiger partial charge in [0.1, 0.15) is 4.88 Å². The molecule has 0 amide bonds. The summed E-state index contributed by atoms with van der Waals surface area (Å²) in [5.41, 5.74) is 1.63.